The molecule has 0 bridgehead atoms. The van der Waals surface area contributed by atoms with Crippen molar-refractivity contribution >= 4 is 5.97 Å². The summed E-state index contributed by atoms with van der Waals surface area (Å²) < 4.78 is 10.4. The molecular weight excluding hydrogens is 220 g/mol. The maximum absolute atomic E-state index is 11.1. The normalized spacial score (nSPS) is 16.4. The number of ether oxygens (including phenoxy) is 2. The van der Waals surface area contributed by atoms with Gasteiger partial charge in [0.15, 0.2) is 0 Å². The van der Waals surface area contributed by atoms with Gasteiger partial charge in [-0.05, 0) is 30.9 Å². The van der Waals surface area contributed by atoms with Gasteiger partial charge in [0.2, 0.25) is 0 Å². The smallest absolute Gasteiger partial charge is 0.309 e. The zero-order valence-corrected chi connectivity index (χ0v) is 10.0. The van der Waals surface area contributed by atoms with Gasteiger partial charge in [-0.25, -0.2) is 0 Å². The summed E-state index contributed by atoms with van der Waals surface area (Å²) in [4.78, 5) is 11.1. The molecule has 4 heteroatoms. The number of hydrogen-bond acceptors (Lipinski definition) is 3. The fourth-order valence-corrected chi connectivity index (χ4v) is 1.98. The van der Waals surface area contributed by atoms with E-state index >= 15 is 0 Å². The highest BCUT2D eigenvalue weighted by Gasteiger charge is 2.50. The summed E-state index contributed by atoms with van der Waals surface area (Å²) in [7, 11) is 3.17. The molecule has 0 atom stereocenters. The Morgan fingerprint density at radius 2 is 2.06 bits per heavy atom. The van der Waals surface area contributed by atoms with Gasteiger partial charge in [0.1, 0.15) is 11.5 Å². The Kier molecular flexibility index (Phi) is 2.96. The Labute approximate surface area is 100 Å². The van der Waals surface area contributed by atoms with Crippen molar-refractivity contribution in [2.45, 2.75) is 19.3 Å². The Balaban J connectivity index is 2.24. The van der Waals surface area contributed by atoms with Gasteiger partial charge in [0, 0.05) is 6.07 Å². The van der Waals surface area contributed by atoms with Crippen molar-refractivity contribution in [2.24, 2.45) is 5.41 Å². The SMILES string of the molecule is COc1ccc(CC2(C(=O)O)CC2)c(OC)c1. The lowest BCUT2D eigenvalue weighted by Crippen LogP contribution is -2.17. The summed E-state index contributed by atoms with van der Waals surface area (Å²) in [6, 6.07) is 5.49. The average Bonchev–Trinajstić information content (AvgIpc) is 3.10. The first-order chi connectivity index (χ1) is 8.11. The Morgan fingerprint density at radius 3 is 2.53 bits per heavy atom. The maximum Gasteiger partial charge on any atom is 0.309 e. The third kappa shape index (κ3) is 2.20. The molecule has 1 fully saturated rings. The van der Waals surface area contributed by atoms with E-state index in [9.17, 15) is 4.79 Å². The number of methoxy groups -OCH3 is 2. The van der Waals surface area contributed by atoms with Crippen molar-refractivity contribution in [1.29, 1.82) is 0 Å². The van der Waals surface area contributed by atoms with E-state index in [0.29, 0.717) is 17.9 Å². The highest BCUT2D eigenvalue weighted by Crippen LogP contribution is 2.49. The number of aliphatic carboxylic acids is 1. The predicted molar refractivity (Wildman–Crippen MR) is 62.6 cm³/mol. The minimum Gasteiger partial charge on any atom is -0.497 e. The number of carboxylic acid groups (broad SMARTS) is 1. The van der Waals surface area contributed by atoms with E-state index in [-0.39, 0.29) is 0 Å². The van der Waals surface area contributed by atoms with Crippen LogP contribution in [0.25, 0.3) is 0 Å². The van der Waals surface area contributed by atoms with Crippen LogP contribution in [0.2, 0.25) is 0 Å². The second-order valence-corrected chi connectivity index (χ2v) is 4.44. The maximum atomic E-state index is 11.1. The monoisotopic (exact) mass is 236 g/mol. The number of carboxylic acids is 1. The van der Waals surface area contributed by atoms with Gasteiger partial charge in [-0.2, -0.15) is 0 Å². The van der Waals surface area contributed by atoms with Crippen LogP contribution in [0.5, 0.6) is 11.5 Å². The second-order valence-electron chi connectivity index (χ2n) is 4.44. The first kappa shape index (κ1) is 11.8. The van der Waals surface area contributed by atoms with Crippen LogP contribution in [0.15, 0.2) is 18.2 Å². The molecular formula is C13H16O4. The summed E-state index contributed by atoms with van der Waals surface area (Å²) >= 11 is 0. The number of hydrogen-bond donors (Lipinski definition) is 1. The number of rotatable bonds is 5. The molecule has 0 radical (unpaired) electrons. The van der Waals surface area contributed by atoms with Crippen molar-refractivity contribution in [2.75, 3.05) is 14.2 Å². The lowest BCUT2D eigenvalue weighted by molar-refractivity contribution is -0.143. The summed E-state index contributed by atoms with van der Waals surface area (Å²) in [5.41, 5.74) is 0.357. The Bertz CT molecular complexity index is 435. The minimum atomic E-state index is -0.713. The molecule has 17 heavy (non-hydrogen) atoms. The molecule has 1 aliphatic rings. The van der Waals surface area contributed by atoms with Gasteiger partial charge < -0.3 is 14.6 Å². The largest absolute Gasteiger partial charge is 0.497 e. The van der Waals surface area contributed by atoms with Gasteiger partial charge >= 0.3 is 5.97 Å². The number of carbonyl (C=O) groups is 1. The van der Waals surface area contributed by atoms with Crippen molar-refractivity contribution in [1.82, 2.24) is 0 Å². The molecule has 0 saturated heterocycles. The molecule has 1 aromatic rings. The molecule has 4 nitrogen and oxygen atoms in total. The lowest BCUT2D eigenvalue weighted by atomic mass is 9.96. The fraction of sp³-hybridized carbons (Fsp3) is 0.462. The molecule has 1 saturated carbocycles. The van der Waals surface area contributed by atoms with Gasteiger partial charge in [0.25, 0.3) is 0 Å². The van der Waals surface area contributed by atoms with Crippen molar-refractivity contribution in [3.8, 4) is 11.5 Å². The standard InChI is InChI=1S/C13H16O4/c1-16-10-4-3-9(11(7-10)17-2)8-13(5-6-13)12(14)15/h3-4,7H,5-6,8H2,1-2H3,(H,14,15). The van der Waals surface area contributed by atoms with Gasteiger partial charge in [-0.3, -0.25) is 4.79 Å². The molecule has 1 aliphatic carbocycles. The highest BCUT2D eigenvalue weighted by atomic mass is 16.5. The van der Waals surface area contributed by atoms with Gasteiger partial charge in [-0.15, -0.1) is 0 Å². The van der Waals surface area contributed by atoms with Crippen LogP contribution < -0.4 is 9.47 Å². The first-order valence-electron chi connectivity index (χ1n) is 5.55. The van der Waals surface area contributed by atoms with E-state index in [2.05, 4.69) is 0 Å². The van der Waals surface area contributed by atoms with Crippen LogP contribution in [0.4, 0.5) is 0 Å². The third-order valence-electron chi connectivity index (χ3n) is 3.33. The summed E-state index contributed by atoms with van der Waals surface area (Å²) in [5, 5.41) is 9.16. The molecule has 92 valence electrons. The Hall–Kier alpha value is -1.71. The minimum absolute atomic E-state index is 0.523. The second kappa shape index (κ2) is 4.28. The third-order valence-corrected chi connectivity index (χ3v) is 3.33. The fourth-order valence-electron chi connectivity index (χ4n) is 1.98. The molecule has 0 unspecified atom stereocenters. The lowest BCUT2D eigenvalue weighted by Gasteiger charge is -2.14. The predicted octanol–water partition coefficient (Wildman–Crippen LogP) is 2.11. The van der Waals surface area contributed by atoms with E-state index in [1.807, 2.05) is 12.1 Å². The molecule has 0 amide bonds. The van der Waals surface area contributed by atoms with Gasteiger partial charge in [0.05, 0.1) is 19.6 Å². The summed E-state index contributed by atoms with van der Waals surface area (Å²) in [5.74, 6) is 0.693. The van der Waals surface area contributed by atoms with E-state index in [0.717, 1.165) is 18.4 Å². The topological polar surface area (TPSA) is 55.8 Å². The van der Waals surface area contributed by atoms with Crippen molar-refractivity contribution in [3.63, 3.8) is 0 Å². The zero-order valence-electron chi connectivity index (χ0n) is 10.0. The van der Waals surface area contributed by atoms with E-state index in [1.165, 1.54) is 0 Å². The van der Waals surface area contributed by atoms with Crippen LogP contribution >= 0.6 is 0 Å². The van der Waals surface area contributed by atoms with Crippen LogP contribution in [-0.4, -0.2) is 25.3 Å². The van der Waals surface area contributed by atoms with Crippen LogP contribution in [0.3, 0.4) is 0 Å². The highest BCUT2D eigenvalue weighted by molar-refractivity contribution is 5.78. The molecule has 1 N–H and O–H groups in total. The van der Waals surface area contributed by atoms with Crippen molar-refractivity contribution < 1.29 is 19.4 Å². The van der Waals surface area contributed by atoms with E-state index in [1.54, 1.807) is 20.3 Å². The molecule has 0 aliphatic heterocycles. The molecule has 0 aromatic heterocycles. The van der Waals surface area contributed by atoms with Crippen LogP contribution in [0, 0.1) is 5.41 Å². The molecule has 2 rings (SSSR count). The number of benzene rings is 1. The molecule has 0 spiro atoms. The van der Waals surface area contributed by atoms with Gasteiger partial charge in [-0.1, -0.05) is 6.07 Å². The van der Waals surface area contributed by atoms with Crippen LogP contribution in [0.1, 0.15) is 18.4 Å². The van der Waals surface area contributed by atoms with E-state index < -0.39 is 11.4 Å². The summed E-state index contributed by atoms with van der Waals surface area (Å²) in [6.45, 7) is 0. The summed E-state index contributed by atoms with van der Waals surface area (Å²) in [6.07, 6.45) is 2.02. The molecule has 1 aromatic carbocycles. The zero-order chi connectivity index (χ0) is 12.5. The van der Waals surface area contributed by atoms with E-state index in [4.69, 9.17) is 14.6 Å². The quantitative estimate of drug-likeness (QED) is 0.850. The van der Waals surface area contributed by atoms with Crippen molar-refractivity contribution in [3.05, 3.63) is 23.8 Å². The van der Waals surface area contributed by atoms with Crippen LogP contribution in [-0.2, 0) is 11.2 Å². The molecule has 0 heterocycles. The Morgan fingerprint density at radius 1 is 1.35 bits per heavy atom. The first-order valence-corrected chi connectivity index (χ1v) is 5.55. The average molecular weight is 236 g/mol.